The molecule has 1 aromatic carbocycles. The third kappa shape index (κ3) is 3.94. The maximum absolute atomic E-state index is 5.70. The number of hydrogen-bond acceptors (Lipinski definition) is 5. The summed E-state index contributed by atoms with van der Waals surface area (Å²) in [6.45, 7) is 7.45. The molecule has 5 nitrogen and oxygen atoms in total. The topological polar surface area (TPSA) is 43.0 Å². The molecule has 0 aliphatic carbocycles. The van der Waals surface area contributed by atoms with Crippen LogP contribution in [-0.4, -0.2) is 56.5 Å². The fourth-order valence-corrected chi connectivity index (χ4v) is 4.36. The van der Waals surface area contributed by atoms with E-state index < -0.39 is 0 Å². The summed E-state index contributed by atoms with van der Waals surface area (Å²) in [5.74, 6) is 1.74. The van der Waals surface area contributed by atoms with E-state index in [2.05, 4.69) is 22.3 Å². The van der Waals surface area contributed by atoms with Gasteiger partial charge in [-0.25, -0.2) is 0 Å². The van der Waals surface area contributed by atoms with Crippen LogP contribution in [0.3, 0.4) is 0 Å². The van der Waals surface area contributed by atoms with Gasteiger partial charge in [0.05, 0.1) is 0 Å². The van der Waals surface area contributed by atoms with Crippen LogP contribution in [0.5, 0.6) is 11.5 Å². The Morgan fingerprint density at radius 2 is 1.68 bits per heavy atom. The van der Waals surface area contributed by atoms with Gasteiger partial charge in [-0.2, -0.15) is 0 Å². The van der Waals surface area contributed by atoms with Gasteiger partial charge < -0.3 is 19.5 Å². The second-order valence-electron chi connectivity index (χ2n) is 7.47. The fraction of sp³-hybridized carbons (Fsp3) is 0.700. The van der Waals surface area contributed by atoms with Crippen molar-refractivity contribution in [3.8, 4) is 11.5 Å². The molecular weight excluding hydrogens is 316 g/mol. The van der Waals surface area contributed by atoms with E-state index in [0.717, 1.165) is 50.6 Å². The summed E-state index contributed by atoms with van der Waals surface area (Å²) >= 11 is 0. The highest BCUT2D eigenvalue weighted by atomic mass is 16.6. The van der Waals surface area contributed by atoms with E-state index in [4.69, 9.17) is 14.2 Å². The minimum atomic E-state index is 0.270. The molecule has 0 atom stereocenters. The molecule has 0 spiro atoms. The molecule has 138 valence electrons. The van der Waals surface area contributed by atoms with Crippen LogP contribution < -0.4 is 14.8 Å². The molecule has 1 N–H and O–H groups in total. The average Bonchev–Trinajstić information content (AvgIpc) is 2.69. The van der Waals surface area contributed by atoms with E-state index in [-0.39, 0.29) is 5.54 Å². The van der Waals surface area contributed by atoms with E-state index in [9.17, 15) is 0 Å². The minimum absolute atomic E-state index is 0.270. The van der Waals surface area contributed by atoms with Crippen molar-refractivity contribution >= 4 is 0 Å². The number of piperidine rings is 1. The number of ether oxygens (including phenoxy) is 3. The Bertz CT molecular complexity index is 566. The zero-order valence-electron chi connectivity index (χ0n) is 15.1. The number of nitrogens with one attached hydrogen (secondary N) is 1. The summed E-state index contributed by atoms with van der Waals surface area (Å²) in [7, 11) is 0. The SMILES string of the molecule is c1cc2c(cc1CNCC1(N3CCCCC3)CCOCC1)OCCO2. The molecule has 5 heteroatoms. The molecule has 3 aliphatic heterocycles. The average molecular weight is 346 g/mol. The highest BCUT2D eigenvalue weighted by molar-refractivity contribution is 5.43. The fourth-order valence-electron chi connectivity index (χ4n) is 4.36. The first kappa shape index (κ1) is 17.1. The molecule has 25 heavy (non-hydrogen) atoms. The van der Waals surface area contributed by atoms with Gasteiger partial charge >= 0.3 is 0 Å². The zero-order chi connectivity index (χ0) is 17.0. The van der Waals surface area contributed by atoms with Gasteiger partial charge in [0.1, 0.15) is 13.2 Å². The van der Waals surface area contributed by atoms with Crippen LogP contribution in [0.1, 0.15) is 37.7 Å². The van der Waals surface area contributed by atoms with Crippen LogP contribution in [0.2, 0.25) is 0 Å². The normalized spacial score (nSPS) is 23.4. The van der Waals surface area contributed by atoms with Crippen molar-refractivity contribution in [2.24, 2.45) is 0 Å². The molecular formula is C20H30N2O3. The molecule has 0 saturated carbocycles. The van der Waals surface area contributed by atoms with Gasteiger partial charge in [-0.05, 0) is 56.5 Å². The Balaban J connectivity index is 1.38. The molecule has 2 fully saturated rings. The number of likely N-dealkylation sites (tertiary alicyclic amines) is 1. The van der Waals surface area contributed by atoms with Crippen LogP contribution >= 0.6 is 0 Å². The highest BCUT2D eigenvalue weighted by Crippen LogP contribution is 2.32. The predicted octanol–water partition coefficient (Wildman–Crippen LogP) is 2.58. The van der Waals surface area contributed by atoms with E-state index in [1.54, 1.807) is 0 Å². The molecule has 0 radical (unpaired) electrons. The maximum atomic E-state index is 5.70. The van der Waals surface area contributed by atoms with Crippen LogP contribution in [0, 0.1) is 0 Å². The zero-order valence-corrected chi connectivity index (χ0v) is 15.1. The Kier molecular flexibility index (Phi) is 5.44. The van der Waals surface area contributed by atoms with Crippen molar-refractivity contribution in [3.63, 3.8) is 0 Å². The molecule has 0 aromatic heterocycles. The first-order valence-electron chi connectivity index (χ1n) is 9.78. The largest absolute Gasteiger partial charge is 0.486 e. The van der Waals surface area contributed by atoms with Crippen molar-refractivity contribution in [2.45, 2.75) is 44.2 Å². The molecule has 0 amide bonds. The van der Waals surface area contributed by atoms with Gasteiger partial charge in [0, 0.05) is 31.8 Å². The van der Waals surface area contributed by atoms with Crippen LogP contribution in [-0.2, 0) is 11.3 Å². The van der Waals surface area contributed by atoms with E-state index in [1.165, 1.54) is 37.9 Å². The van der Waals surface area contributed by atoms with Gasteiger partial charge in [0.2, 0.25) is 0 Å². The summed E-state index contributed by atoms with van der Waals surface area (Å²) < 4.78 is 17.0. The van der Waals surface area contributed by atoms with Crippen molar-refractivity contribution < 1.29 is 14.2 Å². The number of fused-ring (bicyclic) bond motifs is 1. The Morgan fingerprint density at radius 1 is 0.920 bits per heavy atom. The molecule has 2 saturated heterocycles. The molecule has 1 aromatic rings. The number of benzene rings is 1. The van der Waals surface area contributed by atoms with Gasteiger partial charge in [-0.1, -0.05) is 12.5 Å². The van der Waals surface area contributed by atoms with Gasteiger partial charge in [-0.15, -0.1) is 0 Å². The minimum Gasteiger partial charge on any atom is -0.486 e. The lowest BCUT2D eigenvalue weighted by molar-refractivity contribution is -0.0358. The third-order valence-corrected chi connectivity index (χ3v) is 5.84. The van der Waals surface area contributed by atoms with E-state index in [0.29, 0.717) is 13.2 Å². The lowest BCUT2D eigenvalue weighted by atomic mass is 9.86. The number of hydrogen-bond donors (Lipinski definition) is 1. The van der Waals surface area contributed by atoms with Crippen molar-refractivity contribution in [1.29, 1.82) is 0 Å². The monoisotopic (exact) mass is 346 g/mol. The van der Waals surface area contributed by atoms with Crippen molar-refractivity contribution in [3.05, 3.63) is 23.8 Å². The summed E-state index contributed by atoms with van der Waals surface area (Å²) in [4.78, 5) is 2.73. The van der Waals surface area contributed by atoms with E-state index >= 15 is 0 Å². The Morgan fingerprint density at radius 3 is 2.48 bits per heavy atom. The summed E-state index contributed by atoms with van der Waals surface area (Å²) in [5.41, 5.74) is 1.53. The summed E-state index contributed by atoms with van der Waals surface area (Å²) in [6, 6.07) is 6.28. The third-order valence-electron chi connectivity index (χ3n) is 5.84. The molecule has 0 unspecified atom stereocenters. The summed E-state index contributed by atoms with van der Waals surface area (Å²) in [6.07, 6.45) is 6.34. The molecule has 4 rings (SSSR count). The number of nitrogens with zero attached hydrogens (tertiary/aromatic N) is 1. The van der Waals surface area contributed by atoms with Crippen molar-refractivity contribution in [2.75, 3.05) is 46.1 Å². The predicted molar refractivity (Wildman–Crippen MR) is 97.3 cm³/mol. The van der Waals surface area contributed by atoms with Crippen molar-refractivity contribution in [1.82, 2.24) is 10.2 Å². The Labute approximate surface area is 150 Å². The standard InChI is InChI=1S/C20H30N2O3/c1-2-8-22(9-3-1)20(6-10-23-11-7-20)16-21-15-17-4-5-18-19(14-17)25-13-12-24-18/h4-5,14,21H,1-3,6-13,15-16H2. The van der Waals surface area contributed by atoms with Gasteiger partial charge in [0.15, 0.2) is 11.5 Å². The van der Waals surface area contributed by atoms with E-state index in [1.807, 2.05) is 6.07 Å². The van der Waals surface area contributed by atoms with Gasteiger partial charge in [0.25, 0.3) is 0 Å². The maximum Gasteiger partial charge on any atom is 0.161 e. The summed E-state index contributed by atoms with van der Waals surface area (Å²) in [5, 5.41) is 3.72. The smallest absolute Gasteiger partial charge is 0.161 e. The first-order valence-corrected chi connectivity index (χ1v) is 9.78. The van der Waals surface area contributed by atoms with Crippen LogP contribution in [0.4, 0.5) is 0 Å². The Hall–Kier alpha value is -1.30. The van der Waals surface area contributed by atoms with Crippen LogP contribution in [0.25, 0.3) is 0 Å². The molecule has 3 aliphatic rings. The molecule has 3 heterocycles. The quantitative estimate of drug-likeness (QED) is 0.888. The molecule has 0 bridgehead atoms. The number of rotatable bonds is 5. The second kappa shape index (κ2) is 7.94. The lowest BCUT2D eigenvalue weighted by Crippen LogP contribution is -2.59. The first-order chi connectivity index (χ1) is 12.4. The van der Waals surface area contributed by atoms with Gasteiger partial charge in [-0.3, -0.25) is 4.90 Å². The van der Waals surface area contributed by atoms with Crippen LogP contribution in [0.15, 0.2) is 18.2 Å². The second-order valence-corrected chi connectivity index (χ2v) is 7.47. The highest BCUT2D eigenvalue weighted by Gasteiger charge is 2.38. The lowest BCUT2D eigenvalue weighted by Gasteiger charge is -2.48.